The van der Waals surface area contributed by atoms with Gasteiger partial charge in [-0.25, -0.2) is 0 Å². The summed E-state index contributed by atoms with van der Waals surface area (Å²) in [7, 11) is 0. The second-order valence-electron chi connectivity index (χ2n) is 7.63. The van der Waals surface area contributed by atoms with Crippen molar-refractivity contribution < 1.29 is 19.1 Å². The van der Waals surface area contributed by atoms with Crippen molar-refractivity contribution in [3.8, 4) is 5.75 Å². The number of anilines is 2. The predicted molar refractivity (Wildman–Crippen MR) is 110 cm³/mol. The predicted octanol–water partition coefficient (Wildman–Crippen LogP) is 3.37. The maximum atomic E-state index is 12.7. The van der Waals surface area contributed by atoms with Gasteiger partial charge in [-0.05, 0) is 67.6 Å². The standard InChI is InChI=1S/C22H23N3O4/c26-17-7-9-25(10-8-17)22-24-18-13-16(4-6-20(18)29-22)23-21(27)15-3-5-19-14(12-15)2-1-11-28-19/h3-6,12-13,17,26H,1-2,7-11H2,(H,23,27). The highest BCUT2D eigenvalue weighted by atomic mass is 16.5. The van der Waals surface area contributed by atoms with Crippen LogP contribution in [0.4, 0.5) is 11.7 Å². The van der Waals surface area contributed by atoms with Crippen LogP contribution in [-0.4, -0.2) is 41.8 Å². The Bertz CT molecular complexity index is 1050. The second kappa shape index (κ2) is 7.40. The number of hydrogen-bond acceptors (Lipinski definition) is 6. The van der Waals surface area contributed by atoms with Crippen LogP contribution in [0.2, 0.25) is 0 Å². The topological polar surface area (TPSA) is 87.8 Å². The Morgan fingerprint density at radius 1 is 1.17 bits per heavy atom. The average molecular weight is 393 g/mol. The summed E-state index contributed by atoms with van der Waals surface area (Å²) >= 11 is 0. The number of aliphatic hydroxyl groups is 1. The number of oxazole rings is 1. The lowest BCUT2D eigenvalue weighted by molar-refractivity contribution is 0.102. The number of hydrogen-bond donors (Lipinski definition) is 2. The fraction of sp³-hybridized carbons (Fsp3) is 0.364. The largest absolute Gasteiger partial charge is 0.493 e. The monoisotopic (exact) mass is 393 g/mol. The Kier molecular flexibility index (Phi) is 4.60. The molecular weight excluding hydrogens is 370 g/mol. The number of carbonyl (C=O) groups is 1. The summed E-state index contributed by atoms with van der Waals surface area (Å²) in [6.07, 6.45) is 3.08. The molecule has 0 aliphatic carbocycles. The van der Waals surface area contributed by atoms with Crippen molar-refractivity contribution in [1.82, 2.24) is 4.98 Å². The Morgan fingerprint density at radius 3 is 2.90 bits per heavy atom. The first kappa shape index (κ1) is 18.0. The van der Waals surface area contributed by atoms with Gasteiger partial charge in [0.05, 0.1) is 12.7 Å². The molecular formula is C22H23N3O4. The number of amides is 1. The van der Waals surface area contributed by atoms with E-state index in [1.807, 2.05) is 35.2 Å². The van der Waals surface area contributed by atoms with Crippen molar-refractivity contribution in [2.24, 2.45) is 0 Å². The number of nitrogens with one attached hydrogen (secondary N) is 1. The number of aromatic nitrogens is 1. The lowest BCUT2D eigenvalue weighted by Gasteiger charge is -2.27. The molecule has 2 aliphatic rings. The molecule has 7 nitrogen and oxygen atoms in total. The fourth-order valence-electron chi connectivity index (χ4n) is 3.89. The van der Waals surface area contributed by atoms with Crippen LogP contribution in [0.15, 0.2) is 40.8 Å². The van der Waals surface area contributed by atoms with E-state index in [4.69, 9.17) is 9.15 Å². The van der Waals surface area contributed by atoms with Gasteiger partial charge in [0.15, 0.2) is 5.58 Å². The van der Waals surface area contributed by atoms with Crippen LogP contribution in [0.5, 0.6) is 5.75 Å². The number of nitrogens with zero attached hydrogens (tertiary/aromatic N) is 2. The molecule has 2 N–H and O–H groups in total. The van der Waals surface area contributed by atoms with Crippen molar-refractivity contribution in [1.29, 1.82) is 0 Å². The quantitative estimate of drug-likeness (QED) is 0.709. The molecule has 150 valence electrons. The third-order valence-corrected chi connectivity index (χ3v) is 5.54. The highest BCUT2D eigenvalue weighted by molar-refractivity contribution is 6.05. The molecule has 0 radical (unpaired) electrons. The lowest BCUT2D eigenvalue weighted by Crippen LogP contribution is -2.35. The number of ether oxygens (including phenoxy) is 1. The number of benzene rings is 2. The van der Waals surface area contributed by atoms with Crippen molar-refractivity contribution in [2.75, 3.05) is 29.9 Å². The van der Waals surface area contributed by atoms with E-state index in [-0.39, 0.29) is 12.0 Å². The molecule has 0 bridgehead atoms. The molecule has 29 heavy (non-hydrogen) atoms. The number of aryl methyl sites for hydroxylation is 1. The molecule has 1 saturated heterocycles. The van der Waals surface area contributed by atoms with Gasteiger partial charge in [0.2, 0.25) is 0 Å². The van der Waals surface area contributed by atoms with E-state index in [0.29, 0.717) is 41.2 Å². The zero-order chi connectivity index (χ0) is 19.8. The summed E-state index contributed by atoms with van der Waals surface area (Å²) < 4.78 is 11.5. The van der Waals surface area contributed by atoms with Gasteiger partial charge in [-0.15, -0.1) is 0 Å². The van der Waals surface area contributed by atoms with Gasteiger partial charge in [-0.2, -0.15) is 4.98 Å². The summed E-state index contributed by atoms with van der Waals surface area (Å²) in [6, 6.07) is 11.6. The first-order valence-corrected chi connectivity index (χ1v) is 10.1. The molecule has 2 aliphatic heterocycles. The minimum atomic E-state index is -0.243. The molecule has 7 heteroatoms. The van der Waals surface area contributed by atoms with Crippen LogP contribution in [-0.2, 0) is 6.42 Å². The van der Waals surface area contributed by atoms with Crippen molar-refractivity contribution in [3.63, 3.8) is 0 Å². The van der Waals surface area contributed by atoms with E-state index in [1.165, 1.54) is 0 Å². The molecule has 0 saturated carbocycles. The molecule has 0 spiro atoms. The normalized spacial score (nSPS) is 17.1. The van der Waals surface area contributed by atoms with Gasteiger partial charge in [0, 0.05) is 24.3 Å². The fourth-order valence-corrected chi connectivity index (χ4v) is 3.89. The SMILES string of the molecule is O=C(Nc1ccc2oc(N3CCC(O)CC3)nc2c1)c1ccc2c(c1)CCCO2. The van der Waals surface area contributed by atoms with Crippen molar-refractivity contribution >= 4 is 28.7 Å². The van der Waals surface area contributed by atoms with Crippen molar-refractivity contribution in [2.45, 2.75) is 31.8 Å². The van der Waals surface area contributed by atoms with Gasteiger partial charge in [-0.1, -0.05) is 0 Å². The number of rotatable bonds is 3. The highest BCUT2D eigenvalue weighted by Gasteiger charge is 2.21. The van der Waals surface area contributed by atoms with E-state index in [2.05, 4.69) is 10.3 Å². The van der Waals surface area contributed by atoms with E-state index < -0.39 is 0 Å². The molecule has 1 amide bonds. The number of aliphatic hydroxyl groups excluding tert-OH is 1. The molecule has 3 heterocycles. The van der Waals surface area contributed by atoms with Gasteiger partial charge < -0.3 is 24.5 Å². The Balaban J connectivity index is 1.33. The lowest BCUT2D eigenvalue weighted by atomic mass is 10.0. The van der Waals surface area contributed by atoms with Crippen LogP contribution in [0, 0.1) is 0 Å². The van der Waals surface area contributed by atoms with Gasteiger partial charge in [-0.3, -0.25) is 4.79 Å². The molecule has 0 unspecified atom stereocenters. The molecule has 3 aromatic rings. The Morgan fingerprint density at radius 2 is 2.03 bits per heavy atom. The van der Waals surface area contributed by atoms with Crippen molar-refractivity contribution in [3.05, 3.63) is 47.5 Å². The number of piperidine rings is 1. The third kappa shape index (κ3) is 3.65. The summed E-state index contributed by atoms with van der Waals surface area (Å²) in [5, 5.41) is 12.6. The molecule has 1 fully saturated rings. The van der Waals surface area contributed by atoms with Crippen LogP contribution in [0.25, 0.3) is 11.1 Å². The summed E-state index contributed by atoms with van der Waals surface area (Å²) in [5.74, 6) is 0.709. The van der Waals surface area contributed by atoms with Crippen LogP contribution < -0.4 is 15.0 Å². The van der Waals surface area contributed by atoms with E-state index in [0.717, 1.165) is 43.9 Å². The van der Waals surface area contributed by atoms with Gasteiger partial charge in [0.1, 0.15) is 11.3 Å². The first-order valence-electron chi connectivity index (χ1n) is 10.1. The molecule has 2 aromatic carbocycles. The van der Waals surface area contributed by atoms with E-state index >= 15 is 0 Å². The minimum Gasteiger partial charge on any atom is -0.493 e. The van der Waals surface area contributed by atoms with Crippen LogP contribution in [0.3, 0.4) is 0 Å². The molecule has 1 aromatic heterocycles. The number of fused-ring (bicyclic) bond motifs is 2. The van der Waals surface area contributed by atoms with Gasteiger partial charge in [0.25, 0.3) is 11.9 Å². The number of carbonyl (C=O) groups excluding carboxylic acids is 1. The first-order chi connectivity index (χ1) is 14.2. The van der Waals surface area contributed by atoms with Crippen LogP contribution >= 0.6 is 0 Å². The Labute approximate surface area is 168 Å². The zero-order valence-electron chi connectivity index (χ0n) is 16.1. The van der Waals surface area contributed by atoms with E-state index in [9.17, 15) is 9.90 Å². The average Bonchev–Trinajstić information content (AvgIpc) is 3.17. The summed E-state index contributed by atoms with van der Waals surface area (Å²) in [5.41, 5.74) is 3.73. The molecule has 0 atom stereocenters. The smallest absolute Gasteiger partial charge is 0.298 e. The van der Waals surface area contributed by atoms with Crippen LogP contribution in [0.1, 0.15) is 35.2 Å². The molecule has 5 rings (SSSR count). The summed E-state index contributed by atoms with van der Waals surface area (Å²) in [6.45, 7) is 2.18. The summed E-state index contributed by atoms with van der Waals surface area (Å²) in [4.78, 5) is 19.3. The van der Waals surface area contributed by atoms with Gasteiger partial charge >= 0.3 is 0 Å². The Hall–Kier alpha value is -3.06. The minimum absolute atomic E-state index is 0.161. The second-order valence-corrected chi connectivity index (χ2v) is 7.63. The maximum absolute atomic E-state index is 12.7. The highest BCUT2D eigenvalue weighted by Crippen LogP contribution is 2.28. The van der Waals surface area contributed by atoms with E-state index in [1.54, 1.807) is 6.07 Å². The third-order valence-electron chi connectivity index (χ3n) is 5.54. The zero-order valence-corrected chi connectivity index (χ0v) is 16.1. The maximum Gasteiger partial charge on any atom is 0.298 e.